The van der Waals surface area contributed by atoms with Crippen LogP contribution in [0.5, 0.6) is 0 Å². The molecule has 0 atom stereocenters. The lowest BCUT2D eigenvalue weighted by Gasteiger charge is -2.24. The lowest BCUT2D eigenvalue weighted by atomic mass is 9.84. The minimum absolute atomic E-state index is 0.0594. The highest BCUT2D eigenvalue weighted by Gasteiger charge is 2.28. The Bertz CT molecular complexity index is 532. The Morgan fingerprint density at radius 2 is 2.00 bits per heavy atom. The Kier molecular flexibility index (Phi) is 4.56. The summed E-state index contributed by atoms with van der Waals surface area (Å²) < 4.78 is 1.87. The number of nitrogens with zero attached hydrogens (tertiary/aromatic N) is 2. The van der Waals surface area contributed by atoms with Crippen LogP contribution in [-0.2, 0) is 16.8 Å². The third-order valence-corrected chi connectivity index (χ3v) is 3.47. The largest absolute Gasteiger partial charge is 0.355 e. The van der Waals surface area contributed by atoms with Crippen LogP contribution in [0.15, 0.2) is 48.8 Å². The second-order valence-corrected chi connectivity index (χ2v) is 5.37. The molecule has 2 rings (SSSR count). The van der Waals surface area contributed by atoms with E-state index in [1.807, 2.05) is 61.1 Å². The SMILES string of the molecule is CC(C)(C(=O)NCCCn1cccn1)c1ccccc1. The molecule has 0 bridgehead atoms. The summed E-state index contributed by atoms with van der Waals surface area (Å²) in [6.45, 7) is 5.38. The average molecular weight is 271 g/mol. The highest BCUT2D eigenvalue weighted by atomic mass is 16.2. The maximum absolute atomic E-state index is 12.3. The molecule has 20 heavy (non-hydrogen) atoms. The van der Waals surface area contributed by atoms with Gasteiger partial charge < -0.3 is 5.32 Å². The average Bonchev–Trinajstić information content (AvgIpc) is 2.97. The fraction of sp³-hybridized carbons (Fsp3) is 0.375. The number of hydrogen-bond acceptors (Lipinski definition) is 2. The Balaban J connectivity index is 1.82. The second kappa shape index (κ2) is 6.37. The number of hydrogen-bond donors (Lipinski definition) is 1. The van der Waals surface area contributed by atoms with E-state index >= 15 is 0 Å². The van der Waals surface area contributed by atoms with E-state index in [4.69, 9.17) is 0 Å². The van der Waals surface area contributed by atoms with Crippen LogP contribution in [0, 0.1) is 0 Å². The molecule has 0 radical (unpaired) electrons. The van der Waals surface area contributed by atoms with E-state index in [1.165, 1.54) is 0 Å². The molecule has 1 aromatic heterocycles. The van der Waals surface area contributed by atoms with Gasteiger partial charge in [-0.15, -0.1) is 0 Å². The van der Waals surface area contributed by atoms with Crippen molar-refractivity contribution < 1.29 is 4.79 Å². The van der Waals surface area contributed by atoms with Gasteiger partial charge in [-0.25, -0.2) is 0 Å². The standard InChI is InChI=1S/C16H21N3O/c1-16(2,14-8-4-3-5-9-14)15(20)17-10-6-12-19-13-7-11-18-19/h3-5,7-9,11,13H,6,10,12H2,1-2H3,(H,17,20). The summed E-state index contributed by atoms with van der Waals surface area (Å²) in [7, 11) is 0. The van der Waals surface area contributed by atoms with Gasteiger partial charge in [0.15, 0.2) is 0 Å². The quantitative estimate of drug-likeness (QED) is 0.820. The molecule has 0 aliphatic heterocycles. The number of aromatic nitrogens is 2. The van der Waals surface area contributed by atoms with E-state index < -0.39 is 5.41 Å². The molecule has 0 spiro atoms. The molecule has 0 fully saturated rings. The molecule has 1 N–H and O–H groups in total. The van der Waals surface area contributed by atoms with Gasteiger partial charge in [0.05, 0.1) is 5.41 Å². The maximum Gasteiger partial charge on any atom is 0.230 e. The monoisotopic (exact) mass is 271 g/mol. The molecular formula is C16H21N3O. The van der Waals surface area contributed by atoms with Gasteiger partial charge in [-0.1, -0.05) is 30.3 Å². The number of benzene rings is 1. The van der Waals surface area contributed by atoms with Crippen molar-refractivity contribution in [3.8, 4) is 0 Å². The first kappa shape index (κ1) is 14.3. The minimum Gasteiger partial charge on any atom is -0.355 e. The van der Waals surface area contributed by atoms with Crippen molar-refractivity contribution in [2.75, 3.05) is 6.54 Å². The van der Waals surface area contributed by atoms with Crippen molar-refractivity contribution >= 4 is 5.91 Å². The van der Waals surface area contributed by atoms with Crippen LogP contribution in [0.1, 0.15) is 25.8 Å². The molecule has 2 aromatic rings. The van der Waals surface area contributed by atoms with Gasteiger partial charge in [-0.05, 0) is 31.9 Å². The van der Waals surface area contributed by atoms with Gasteiger partial charge in [0.2, 0.25) is 5.91 Å². The first-order valence-electron chi connectivity index (χ1n) is 6.92. The summed E-state index contributed by atoms with van der Waals surface area (Å²) in [5.41, 5.74) is 0.525. The predicted molar refractivity (Wildman–Crippen MR) is 79.3 cm³/mol. The van der Waals surface area contributed by atoms with Gasteiger partial charge >= 0.3 is 0 Å². The van der Waals surface area contributed by atoms with E-state index in [2.05, 4.69) is 10.4 Å². The normalized spacial score (nSPS) is 11.3. The highest BCUT2D eigenvalue weighted by molar-refractivity contribution is 5.87. The molecule has 0 aliphatic carbocycles. The smallest absolute Gasteiger partial charge is 0.230 e. The molecule has 0 aliphatic rings. The van der Waals surface area contributed by atoms with Crippen LogP contribution < -0.4 is 5.32 Å². The summed E-state index contributed by atoms with van der Waals surface area (Å²) in [6.07, 6.45) is 4.56. The van der Waals surface area contributed by atoms with Gasteiger partial charge in [-0.3, -0.25) is 9.48 Å². The summed E-state index contributed by atoms with van der Waals surface area (Å²) in [4.78, 5) is 12.3. The Morgan fingerprint density at radius 3 is 2.65 bits per heavy atom. The zero-order valence-corrected chi connectivity index (χ0v) is 12.0. The molecule has 106 valence electrons. The molecule has 0 saturated carbocycles. The Hall–Kier alpha value is -2.10. The first-order valence-corrected chi connectivity index (χ1v) is 6.92. The zero-order valence-electron chi connectivity index (χ0n) is 12.0. The van der Waals surface area contributed by atoms with Crippen LogP contribution in [0.3, 0.4) is 0 Å². The lowest BCUT2D eigenvalue weighted by molar-refractivity contribution is -0.125. The summed E-state index contributed by atoms with van der Waals surface area (Å²) >= 11 is 0. The van der Waals surface area contributed by atoms with E-state index in [-0.39, 0.29) is 5.91 Å². The molecule has 1 amide bonds. The highest BCUT2D eigenvalue weighted by Crippen LogP contribution is 2.22. The summed E-state index contributed by atoms with van der Waals surface area (Å²) in [6, 6.07) is 11.8. The van der Waals surface area contributed by atoms with Gasteiger partial charge in [0, 0.05) is 25.5 Å². The van der Waals surface area contributed by atoms with Crippen LogP contribution in [0.25, 0.3) is 0 Å². The zero-order chi connectivity index (χ0) is 14.4. The number of nitrogens with one attached hydrogen (secondary N) is 1. The molecular weight excluding hydrogens is 250 g/mol. The maximum atomic E-state index is 12.3. The van der Waals surface area contributed by atoms with Crippen molar-refractivity contribution in [1.82, 2.24) is 15.1 Å². The Morgan fingerprint density at radius 1 is 1.25 bits per heavy atom. The third-order valence-electron chi connectivity index (χ3n) is 3.47. The van der Waals surface area contributed by atoms with E-state index in [0.29, 0.717) is 6.54 Å². The minimum atomic E-state index is -0.507. The van der Waals surface area contributed by atoms with Crippen LogP contribution in [-0.4, -0.2) is 22.2 Å². The van der Waals surface area contributed by atoms with Crippen molar-refractivity contribution in [2.24, 2.45) is 0 Å². The van der Waals surface area contributed by atoms with Gasteiger partial charge in [0.25, 0.3) is 0 Å². The Labute approximate surface area is 119 Å². The van der Waals surface area contributed by atoms with E-state index in [9.17, 15) is 4.79 Å². The summed E-state index contributed by atoms with van der Waals surface area (Å²) in [5.74, 6) is 0.0594. The third kappa shape index (κ3) is 3.47. The molecule has 1 heterocycles. The topological polar surface area (TPSA) is 46.9 Å². The number of carbonyl (C=O) groups excluding carboxylic acids is 1. The van der Waals surface area contributed by atoms with Crippen molar-refractivity contribution in [2.45, 2.75) is 32.2 Å². The molecule has 0 saturated heterocycles. The molecule has 1 aromatic carbocycles. The molecule has 4 nitrogen and oxygen atoms in total. The van der Waals surface area contributed by atoms with E-state index in [0.717, 1.165) is 18.5 Å². The van der Waals surface area contributed by atoms with Crippen molar-refractivity contribution in [1.29, 1.82) is 0 Å². The molecule has 4 heteroatoms. The van der Waals surface area contributed by atoms with Crippen LogP contribution in [0.4, 0.5) is 0 Å². The van der Waals surface area contributed by atoms with Gasteiger partial charge in [-0.2, -0.15) is 5.10 Å². The predicted octanol–water partition coefficient (Wildman–Crippen LogP) is 2.37. The number of rotatable bonds is 6. The number of aryl methyl sites for hydroxylation is 1. The fourth-order valence-electron chi connectivity index (χ4n) is 2.08. The van der Waals surface area contributed by atoms with Gasteiger partial charge in [0.1, 0.15) is 0 Å². The van der Waals surface area contributed by atoms with Crippen LogP contribution in [0.2, 0.25) is 0 Å². The fourth-order valence-corrected chi connectivity index (χ4v) is 2.08. The number of amides is 1. The first-order chi connectivity index (χ1) is 9.60. The van der Waals surface area contributed by atoms with E-state index in [1.54, 1.807) is 6.20 Å². The number of carbonyl (C=O) groups is 1. The van der Waals surface area contributed by atoms with Crippen molar-refractivity contribution in [3.63, 3.8) is 0 Å². The lowest BCUT2D eigenvalue weighted by Crippen LogP contribution is -2.40. The molecule has 0 unspecified atom stereocenters. The van der Waals surface area contributed by atoms with Crippen molar-refractivity contribution in [3.05, 3.63) is 54.4 Å². The second-order valence-electron chi connectivity index (χ2n) is 5.37. The van der Waals surface area contributed by atoms with Crippen LogP contribution >= 0.6 is 0 Å². The summed E-state index contributed by atoms with van der Waals surface area (Å²) in [5, 5.41) is 7.14.